The SMILES string of the molecule is Cc1ccccc1CNC(=O)[C@@H]1C[C@@H]2CCCC[C@@H]2CN1C(=O)C(O)C(Cc1ccccc1)NC(=O)c1cccc(O)c1C. The van der Waals surface area contributed by atoms with E-state index in [9.17, 15) is 24.6 Å². The number of hydrogen-bond donors (Lipinski definition) is 4. The molecule has 5 rings (SSSR count). The summed E-state index contributed by atoms with van der Waals surface area (Å²) in [6, 6.07) is 20.3. The zero-order chi connectivity index (χ0) is 31.2. The lowest BCUT2D eigenvalue weighted by molar-refractivity contribution is -0.153. The van der Waals surface area contributed by atoms with Gasteiger partial charge in [-0.15, -0.1) is 0 Å². The maximum absolute atomic E-state index is 14.2. The first-order valence-electron chi connectivity index (χ1n) is 15.7. The number of amides is 3. The fourth-order valence-electron chi connectivity index (χ4n) is 6.80. The van der Waals surface area contributed by atoms with Crippen LogP contribution in [-0.4, -0.2) is 57.6 Å². The van der Waals surface area contributed by atoms with Crippen molar-refractivity contribution < 1.29 is 24.6 Å². The quantitative estimate of drug-likeness (QED) is 0.291. The summed E-state index contributed by atoms with van der Waals surface area (Å²) in [6.45, 7) is 4.41. The van der Waals surface area contributed by atoms with Crippen molar-refractivity contribution in [3.05, 3.63) is 101 Å². The van der Waals surface area contributed by atoms with Crippen LogP contribution in [0.4, 0.5) is 0 Å². The monoisotopic (exact) mass is 597 g/mol. The molecule has 8 heteroatoms. The van der Waals surface area contributed by atoms with E-state index in [-0.39, 0.29) is 29.6 Å². The van der Waals surface area contributed by atoms with Crippen LogP contribution < -0.4 is 10.6 Å². The van der Waals surface area contributed by atoms with Crippen LogP contribution in [-0.2, 0) is 22.6 Å². The molecule has 0 aromatic heterocycles. The van der Waals surface area contributed by atoms with E-state index in [2.05, 4.69) is 10.6 Å². The smallest absolute Gasteiger partial charge is 0.254 e. The minimum Gasteiger partial charge on any atom is -0.508 e. The third-order valence-corrected chi connectivity index (χ3v) is 9.50. The zero-order valence-corrected chi connectivity index (χ0v) is 25.5. The van der Waals surface area contributed by atoms with Crippen molar-refractivity contribution in [2.75, 3.05) is 6.54 Å². The predicted molar refractivity (Wildman–Crippen MR) is 169 cm³/mol. The molecule has 0 bridgehead atoms. The van der Waals surface area contributed by atoms with Crippen LogP contribution in [0.1, 0.15) is 64.7 Å². The van der Waals surface area contributed by atoms with Gasteiger partial charge < -0.3 is 25.7 Å². The van der Waals surface area contributed by atoms with Gasteiger partial charge in [0.2, 0.25) is 5.91 Å². The Morgan fingerprint density at radius 3 is 2.36 bits per heavy atom. The molecule has 2 fully saturated rings. The zero-order valence-electron chi connectivity index (χ0n) is 25.5. The number of fused-ring (bicyclic) bond motifs is 1. The second-order valence-corrected chi connectivity index (χ2v) is 12.4. The van der Waals surface area contributed by atoms with Gasteiger partial charge in [0.1, 0.15) is 11.8 Å². The van der Waals surface area contributed by atoms with Gasteiger partial charge in [-0.25, -0.2) is 0 Å². The Balaban J connectivity index is 1.39. The molecule has 1 saturated heterocycles. The number of aromatic hydroxyl groups is 1. The highest BCUT2D eigenvalue weighted by Gasteiger charge is 2.44. The number of aliphatic hydroxyl groups excluding tert-OH is 1. The van der Waals surface area contributed by atoms with Crippen molar-refractivity contribution in [1.29, 1.82) is 0 Å². The van der Waals surface area contributed by atoms with Crippen molar-refractivity contribution in [2.24, 2.45) is 11.8 Å². The summed E-state index contributed by atoms with van der Waals surface area (Å²) in [6.07, 6.45) is 3.42. The molecule has 5 atom stereocenters. The van der Waals surface area contributed by atoms with E-state index in [1.807, 2.05) is 61.5 Å². The van der Waals surface area contributed by atoms with Crippen LogP contribution in [0.5, 0.6) is 5.75 Å². The first kappa shape index (κ1) is 31.3. The Bertz CT molecular complexity index is 1480. The van der Waals surface area contributed by atoms with E-state index in [1.54, 1.807) is 24.0 Å². The number of aliphatic hydroxyl groups is 1. The number of carbonyl (C=O) groups excluding carboxylic acids is 3. The molecule has 0 radical (unpaired) electrons. The van der Waals surface area contributed by atoms with Crippen LogP contribution in [0.3, 0.4) is 0 Å². The van der Waals surface area contributed by atoms with E-state index >= 15 is 0 Å². The molecule has 3 aromatic carbocycles. The Hall–Kier alpha value is -4.17. The number of likely N-dealkylation sites (tertiary alicyclic amines) is 1. The van der Waals surface area contributed by atoms with E-state index in [0.717, 1.165) is 42.4 Å². The van der Waals surface area contributed by atoms with Crippen molar-refractivity contribution in [3.63, 3.8) is 0 Å². The van der Waals surface area contributed by atoms with E-state index in [1.165, 1.54) is 6.07 Å². The lowest BCUT2D eigenvalue weighted by Gasteiger charge is -2.46. The van der Waals surface area contributed by atoms with Gasteiger partial charge in [0, 0.05) is 24.2 Å². The number of hydrogen-bond acceptors (Lipinski definition) is 5. The third kappa shape index (κ3) is 7.13. The predicted octanol–water partition coefficient (Wildman–Crippen LogP) is 4.43. The number of benzene rings is 3. The van der Waals surface area contributed by atoms with Gasteiger partial charge in [-0.2, -0.15) is 0 Å². The van der Waals surface area contributed by atoms with Crippen molar-refractivity contribution >= 4 is 17.7 Å². The molecule has 0 spiro atoms. The molecule has 3 aromatic rings. The van der Waals surface area contributed by atoms with Crippen molar-refractivity contribution in [1.82, 2.24) is 15.5 Å². The number of carbonyl (C=O) groups is 3. The van der Waals surface area contributed by atoms with Gasteiger partial charge >= 0.3 is 0 Å². The molecule has 2 aliphatic rings. The molecule has 1 aliphatic carbocycles. The minimum absolute atomic E-state index is 0.0104. The number of nitrogens with zero attached hydrogens (tertiary/aromatic N) is 1. The molecular weight excluding hydrogens is 554 g/mol. The van der Waals surface area contributed by atoms with E-state index in [0.29, 0.717) is 31.0 Å². The first-order valence-corrected chi connectivity index (χ1v) is 15.7. The number of phenols is 1. The molecule has 1 aliphatic heterocycles. The Labute approximate surface area is 259 Å². The van der Waals surface area contributed by atoms with Crippen molar-refractivity contribution in [3.8, 4) is 5.75 Å². The fraction of sp³-hybridized carbons (Fsp3) is 0.417. The number of nitrogens with one attached hydrogen (secondary N) is 2. The van der Waals surface area contributed by atoms with Crippen LogP contribution >= 0.6 is 0 Å². The van der Waals surface area contributed by atoms with Crippen LogP contribution in [0.15, 0.2) is 72.8 Å². The third-order valence-electron chi connectivity index (χ3n) is 9.50. The Kier molecular flexibility index (Phi) is 10.0. The summed E-state index contributed by atoms with van der Waals surface area (Å²) in [5.41, 5.74) is 3.61. The topological polar surface area (TPSA) is 119 Å². The fourth-order valence-corrected chi connectivity index (χ4v) is 6.80. The largest absolute Gasteiger partial charge is 0.508 e. The van der Waals surface area contributed by atoms with Crippen molar-refractivity contribution in [2.45, 2.75) is 77.1 Å². The van der Waals surface area contributed by atoms with Crippen LogP contribution in [0, 0.1) is 25.7 Å². The molecule has 232 valence electrons. The summed E-state index contributed by atoms with van der Waals surface area (Å²) in [4.78, 5) is 42.9. The van der Waals surface area contributed by atoms with Gasteiger partial charge in [-0.05, 0) is 73.8 Å². The molecule has 44 heavy (non-hydrogen) atoms. The molecule has 1 heterocycles. The molecular formula is C36H43N3O5. The standard InChI is InChI=1S/C36H43N3O5/c1-23-11-6-7-15-27(23)21-37-35(43)31-20-26-14-8-9-16-28(26)22-39(31)36(44)33(41)30(19-25-12-4-3-5-13-25)38-34(42)29-17-10-18-32(40)24(29)2/h3-7,10-13,15,17-18,26,28,30-31,33,40-41H,8-9,14,16,19-22H2,1-2H3,(H,37,43)(H,38,42)/t26-,28+,30?,31-,33?/m0/s1. The van der Waals surface area contributed by atoms with Crippen LogP contribution in [0.2, 0.25) is 0 Å². The normalized spacial score (nSPS) is 21.1. The molecule has 2 unspecified atom stereocenters. The van der Waals surface area contributed by atoms with Gasteiger partial charge in [-0.3, -0.25) is 14.4 Å². The number of rotatable bonds is 9. The highest BCUT2D eigenvalue weighted by Crippen LogP contribution is 2.39. The van der Waals surface area contributed by atoms with Gasteiger partial charge in [-0.1, -0.05) is 79.9 Å². The summed E-state index contributed by atoms with van der Waals surface area (Å²) >= 11 is 0. The summed E-state index contributed by atoms with van der Waals surface area (Å²) < 4.78 is 0. The minimum atomic E-state index is -1.58. The molecule has 8 nitrogen and oxygen atoms in total. The highest BCUT2D eigenvalue weighted by molar-refractivity contribution is 5.97. The Morgan fingerprint density at radius 1 is 0.909 bits per heavy atom. The lowest BCUT2D eigenvalue weighted by Crippen LogP contribution is -2.61. The maximum Gasteiger partial charge on any atom is 0.254 e. The van der Waals surface area contributed by atoms with Gasteiger partial charge in [0.15, 0.2) is 6.10 Å². The average Bonchev–Trinajstić information content (AvgIpc) is 3.04. The number of piperidine rings is 1. The highest BCUT2D eigenvalue weighted by atomic mass is 16.3. The number of phenolic OH excluding ortho intramolecular Hbond substituents is 1. The van der Waals surface area contributed by atoms with E-state index in [4.69, 9.17) is 0 Å². The second-order valence-electron chi connectivity index (χ2n) is 12.4. The van der Waals surface area contributed by atoms with Gasteiger partial charge in [0.25, 0.3) is 11.8 Å². The molecule has 3 amide bonds. The first-order chi connectivity index (χ1) is 21.2. The van der Waals surface area contributed by atoms with E-state index < -0.39 is 30.0 Å². The molecule has 4 N–H and O–H groups in total. The summed E-state index contributed by atoms with van der Waals surface area (Å²) in [5.74, 6) is -0.658. The average molecular weight is 598 g/mol. The Morgan fingerprint density at radius 2 is 1.61 bits per heavy atom. The summed E-state index contributed by atoms with van der Waals surface area (Å²) in [5, 5.41) is 27.8. The lowest BCUT2D eigenvalue weighted by atomic mass is 9.72. The summed E-state index contributed by atoms with van der Waals surface area (Å²) in [7, 11) is 0. The second kappa shape index (κ2) is 14.1. The maximum atomic E-state index is 14.2. The number of aryl methyl sites for hydroxylation is 1. The van der Waals surface area contributed by atoms with Crippen LogP contribution in [0.25, 0.3) is 0 Å². The molecule has 1 saturated carbocycles. The van der Waals surface area contributed by atoms with Gasteiger partial charge in [0.05, 0.1) is 6.04 Å².